The van der Waals surface area contributed by atoms with Gasteiger partial charge in [0.15, 0.2) is 0 Å². The Bertz CT molecular complexity index is 584. The molecule has 0 aliphatic carbocycles. The lowest BCUT2D eigenvalue weighted by Gasteiger charge is -2.23. The Kier molecular flexibility index (Phi) is 5.28. The van der Waals surface area contributed by atoms with Gasteiger partial charge in [0.05, 0.1) is 0 Å². The number of hydrogen-bond acceptors (Lipinski definition) is 3. The number of nitrogens with one attached hydrogen (secondary N) is 1. The van der Waals surface area contributed by atoms with E-state index >= 15 is 0 Å². The van der Waals surface area contributed by atoms with Gasteiger partial charge in [-0.05, 0) is 23.8 Å². The lowest BCUT2D eigenvalue weighted by atomic mass is 10.1. The molecule has 0 bridgehead atoms. The minimum absolute atomic E-state index is 0.197. The molecule has 0 amide bonds. The summed E-state index contributed by atoms with van der Waals surface area (Å²) in [5, 5.41) is 3.40. The van der Waals surface area contributed by atoms with E-state index in [1.54, 1.807) is 18.3 Å². The Labute approximate surface area is 125 Å². The van der Waals surface area contributed by atoms with E-state index in [1.165, 1.54) is 6.07 Å². The molecule has 2 aromatic rings. The molecule has 3 nitrogen and oxygen atoms in total. The normalized spacial score (nSPS) is 10.9. The number of anilines is 1. The molecule has 0 aliphatic heterocycles. The van der Waals surface area contributed by atoms with Crippen molar-refractivity contribution in [3.8, 4) is 0 Å². The van der Waals surface area contributed by atoms with E-state index in [1.807, 2.05) is 25.4 Å². The van der Waals surface area contributed by atoms with Crippen LogP contribution in [0.4, 0.5) is 10.1 Å². The van der Waals surface area contributed by atoms with Crippen molar-refractivity contribution in [2.75, 3.05) is 11.9 Å². The number of halogens is 1. The van der Waals surface area contributed by atoms with Crippen LogP contribution >= 0.6 is 0 Å². The topological polar surface area (TPSA) is 28.2 Å². The van der Waals surface area contributed by atoms with Gasteiger partial charge in [0.1, 0.15) is 5.82 Å². The van der Waals surface area contributed by atoms with Crippen molar-refractivity contribution >= 4 is 5.69 Å². The van der Waals surface area contributed by atoms with Crippen molar-refractivity contribution in [1.82, 2.24) is 10.3 Å². The lowest BCUT2D eigenvalue weighted by molar-refractivity contribution is 0.587. The highest BCUT2D eigenvalue weighted by Crippen LogP contribution is 2.20. The second-order valence-electron chi connectivity index (χ2n) is 5.53. The summed E-state index contributed by atoms with van der Waals surface area (Å²) in [4.78, 5) is 6.32. The van der Waals surface area contributed by atoms with Crippen LogP contribution in [0.25, 0.3) is 0 Å². The van der Waals surface area contributed by atoms with Gasteiger partial charge >= 0.3 is 0 Å². The van der Waals surface area contributed by atoms with Crippen molar-refractivity contribution in [2.24, 2.45) is 0 Å². The molecule has 1 heterocycles. The second kappa shape index (κ2) is 7.18. The van der Waals surface area contributed by atoms with Crippen LogP contribution in [0.3, 0.4) is 0 Å². The number of benzene rings is 1. The molecule has 1 N–H and O–H groups in total. The zero-order valence-corrected chi connectivity index (χ0v) is 12.8. The number of rotatable bonds is 6. The molecule has 0 atom stereocenters. The Hall–Kier alpha value is -1.94. The molecule has 0 fully saturated rings. The van der Waals surface area contributed by atoms with Crippen LogP contribution in [-0.2, 0) is 13.1 Å². The maximum Gasteiger partial charge on any atom is 0.123 e. The number of hydrogen-bond donors (Lipinski definition) is 1. The Morgan fingerprint density at radius 1 is 1.29 bits per heavy atom. The molecule has 1 aromatic carbocycles. The van der Waals surface area contributed by atoms with E-state index in [2.05, 4.69) is 29.0 Å². The highest BCUT2D eigenvalue weighted by atomic mass is 19.1. The minimum Gasteiger partial charge on any atom is -0.370 e. The smallest absolute Gasteiger partial charge is 0.123 e. The first-order valence-electron chi connectivity index (χ1n) is 7.18. The fraction of sp³-hybridized carbons (Fsp3) is 0.353. The van der Waals surface area contributed by atoms with E-state index in [-0.39, 0.29) is 5.82 Å². The Morgan fingerprint density at radius 3 is 2.81 bits per heavy atom. The molecular formula is C17H22FN3. The van der Waals surface area contributed by atoms with Crippen LogP contribution in [0, 0.1) is 5.82 Å². The fourth-order valence-corrected chi connectivity index (χ4v) is 2.24. The Morgan fingerprint density at radius 2 is 2.10 bits per heavy atom. The van der Waals surface area contributed by atoms with Gasteiger partial charge in [-0.2, -0.15) is 0 Å². The molecule has 1 aromatic heterocycles. The summed E-state index contributed by atoms with van der Waals surface area (Å²) in [6, 6.07) is 9.14. The molecule has 0 unspecified atom stereocenters. The van der Waals surface area contributed by atoms with Crippen LogP contribution in [0.15, 0.2) is 42.7 Å². The van der Waals surface area contributed by atoms with E-state index in [9.17, 15) is 4.39 Å². The molecule has 4 heteroatoms. The molecule has 0 radical (unpaired) electrons. The van der Waals surface area contributed by atoms with Crippen LogP contribution in [-0.4, -0.2) is 18.1 Å². The van der Waals surface area contributed by atoms with Crippen molar-refractivity contribution in [1.29, 1.82) is 0 Å². The van der Waals surface area contributed by atoms with Gasteiger partial charge in [-0.25, -0.2) is 4.39 Å². The van der Waals surface area contributed by atoms with Crippen LogP contribution in [0.1, 0.15) is 25.0 Å². The van der Waals surface area contributed by atoms with Crippen LogP contribution in [0.5, 0.6) is 0 Å². The van der Waals surface area contributed by atoms with Gasteiger partial charge in [0, 0.05) is 49.8 Å². The monoisotopic (exact) mass is 287 g/mol. The van der Waals surface area contributed by atoms with Crippen LogP contribution < -0.4 is 10.2 Å². The van der Waals surface area contributed by atoms with Crippen LogP contribution in [0.2, 0.25) is 0 Å². The summed E-state index contributed by atoms with van der Waals surface area (Å²) in [6.07, 6.45) is 3.67. The third kappa shape index (κ3) is 4.53. The lowest BCUT2D eigenvalue weighted by Crippen LogP contribution is -2.24. The predicted molar refractivity (Wildman–Crippen MR) is 84.7 cm³/mol. The van der Waals surface area contributed by atoms with Crippen molar-refractivity contribution in [3.63, 3.8) is 0 Å². The van der Waals surface area contributed by atoms with Gasteiger partial charge in [-0.15, -0.1) is 0 Å². The predicted octanol–water partition coefficient (Wildman–Crippen LogP) is 3.36. The van der Waals surface area contributed by atoms with Gasteiger partial charge < -0.3 is 10.2 Å². The molecular weight excluding hydrogens is 265 g/mol. The summed E-state index contributed by atoms with van der Waals surface area (Å²) in [7, 11) is 2.01. The minimum atomic E-state index is -0.197. The average molecular weight is 287 g/mol. The summed E-state index contributed by atoms with van der Waals surface area (Å²) in [6.45, 7) is 5.67. The molecule has 0 aliphatic rings. The molecule has 0 spiro atoms. The first-order chi connectivity index (χ1) is 10.1. The van der Waals surface area contributed by atoms with Gasteiger partial charge in [0.25, 0.3) is 0 Å². The fourth-order valence-electron chi connectivity index (χ4n) is 2.24. The standard InChI is InChI=1S/C17H22FN3/c1-13(2)20-11-15-10-19-8-7-17(15)21(3)12-14-5-4-6-16(18)9-14/h4-10,13,20H,11-12H2,1-3H3. The van der Waals surface area contributed by atoms with E-state index < -0.39 is 0 Å². The summed E-state index contributed by atoms with van der Waals surface area (Å²) >= 11 is 0. The first kappa shape index (κ1) is 15.4. The molecule has 2 rings (SSSR count). The van der Waals surface area contributed by atoms with Crippen molar-refractivity contribution < 1.29 is 4.39 Å². The number of pyridine rings is 1. The highest BCUT2D eigenvalue weighted by molar-refractivity contribution is 5.52. The maximum atomic E-state index is 13.3. The highest BCUT2D eigenvalue weighted by Gasteiger charge is 2.09. The summed E-state index contributed by atoms with van der Waals surface area (Å²) in [5.41, 5.74) is 3.21. The largest absolute Gasteiger partial charge is 0.370 e. The molecule has 0 saturated carbocycles. The zero-order chi connectivity index (χ0) is 15.2. The van der Waals surface area contributed by atoms with E-state index in [4.69, 9.17) is 0 Å². The van der Waals surface area contributed by atoms with Crippen molar-refractivity contribution in [3.05, 3.63) is 59.7 Å². The summed E-state index contributed by atoms with van der Waals surface area (Å²) < 4.78 is 13.3. The average Bonchev–Trinajstić information content (AvgIpc) is 2.45. The SMILES string of the molecule is CC(C)NCc1cnccc1N(C)Cc1cccc(F)c1. The zero-order valence-electron chi connectivity index (χ0n) is 12.8. The second-order valence-corrected chi connectivity index (χ2v) is 5.53. The Balaban J connectivity index is 2.13. The van der Waals surface area contributed by atoms with E-state index in [0.29, 0.717) is 12.6 Å². The number of aromatic nitrogens is 1. The van der Waals surface area contributed by atoms with Gasteiger partial charge in [-0.1, -0.05) is 26.0 Å². The summed E-state index contributed by atoms with van der Waals surface area (Å²) in [5.74, 6) is -0.197. The quantitative estimate of drug-likeness (QED) is 0.883. The maximum absolute atomic E-state index is 13.3. The molecule has 21 heavy (non-hydrogen) atoms. The first-order valence-corrected chi connectivity index (χ1v) is 7.18. The third-order valence-corrected chi connectivity index (χ3v) is 3.30. The number of nitrogens with zero attached hydrogens (tertiary/aromatic N) is 2. The van der Waals surface area contributed by atoms with Gasteiger partial charge in [0.2, 0.25) is 0 Å². The van der Waals surface area contributed by atoms with Crippen molar-refractivity contribution in [2.45, 2.75) is 33.0 Å². The third-order valence-electron chi connectivity index (χ3n) is 3.30. The van der Waals surface area contributed by atoms with E-state index in [0.717, 1.165) is 23.4 Å². The molecule has 112 valence electrons. The van der Waals surface area contributed by atoms with Gasteiger partial charge in [-0.3, -0.25) is 4.98 Å². The molecule has 0 saturated heterocycles.